The maximum absolute atomic E-state index is 11.7. The lowest BCUT2D eigenvalue weighted by Crippen LogP contribution is -2.15. The van der Waals surface area contributed by atoms with E-state index in [2.05, 4.69) is 0 Å². The van der Waals surface area contributed by atoms with Gasteiger partial charge in [-0.15, -0.1) is 0 Å². The molecule has 1 unspecified atom stereocenters. The van der Waals surface area contributed by atoms with Gasteiger partial charge in [0.1, 0.15) is 0 Å². The van der Waals surface area contributed by atoms with Gasteiger partial charge < -0.3 is 14.6 Å². The van der Waals surface area contributed by atoms with E-state index in [9.17, 15) is 20.0 Å². The van der Waals surface area contributed by atoms with E-state index in [4.69, 9.17) is 9.47 Å². The van der Waals surface area contributed by atoms with E-state index in [0.717, 1.165) is 0 Å². The highest BCUT2D eigenvalue weighted by Gasteiger charge is 2.23. The van der Waals surface area contributed by atoms with E-state index in [1.54, 1.807) is 37.3 Å². The lowest BCUT2D eigenvalue weighted by Gasteiger charge is -2.16. The molecule has 7 nitrogen and oxygen atoms in total. The molecular weight excluding hydrogens is 326 g/mol. The molecule has 0 heterocycles. The second-order valence-corrected chi connectivity index (χ2v) is 5.59. The van der Waals surface area contributed by atoms with Crippen molar-refractivity contribution in [3.8, 4) is 11.5 Å². The fourth-order valence-electron chi connectivity index (χ4n) is 2.63. The molecule has 132 valence electrons. The molecule has 0 saturated carbocycles. The van der Waals surface area contributed by atoms with Crippen LogP contribution >= 0.6 is 0 Å². The first kappa shape index (κ1) is 18.3. The number of benzene rings is 2. The van der Waals surface area contributed by atoms with Crippen LogP contribution in [0.2, 0.25) is 0 Å². The van der Waals surface area contributed by atoms with Gasteiger partial charge in [0.15, 0.2) is 11.5 Å². The molecule has 0 radical (unpaired) electrons. The Labute approximate surface area is 145 Å². The van der Waals surface area contributed by atoms with Crippen molar-refractivity contribution in [2.75, 3.05) is 14.2 Å². The van der Waals surface area contributed by atoms with Crippen molar-refractivity contribution in [3.05, 3.63) is 63.2 Å². The number of ether oxygens (including phenoxy) is 2. The highest BCUT2D eigenvalue weighted by Crippen LogP contribution is 2.32. The summed E-state index contributed by atoms with van der Waals surface area (Å²) >= 11 is 0. The van der Waals surface area contributed by atoms with Gasteiger partial charge in [-0.25, -0.2) is 0 Å². The van der Waals surface area contributed by atoms with Gasteiger partial charge in [-0.2, -0.15) is 0 Å². The topological polar surface area (TPSA) is 98.9 Å². The minimum Gasteiger partial charge on any atom is -0.493 e. The van der Waals surface area contributed by atoms with Crippen LogP contribution in [0.5, 0.6) is 11.5 Å². The monoisotopic (exact) mass is 345 g/mol. The fourth-order valence-corrected chi connectivity index (χ4v) is 2.63. The first-order valence-electron chi connectivity index (χ1n) is 7.56. The second kappa shape index (κ2) is 7.65. The molecule has 0 fully saturated rings. The fraction of sp³-hybridized carbons (Fsp3) is 0.278. The predicted octanol–water partition coefficient (Wildman–Crippen LogP) is 3.33. The maximum Gasteiger partial charge on any atom is 0.311 e. The number of aliphatic carboxylic acids is 1. The summed E-state index contributed by atoms with van der Waals surface area (Å²) in [6, 6.07) is 9.66. The lowest BCUT2D eigenvalue weighted by atomic mass is 9.91. The highest BCUT2D eigenvalue weighted by molar-refractivity contribution is 5.77. The number of carboxylic acids is 1. The van der Waals surface area contributed by atoms with Crippen LogP contribution in [-0.4, -0.2) is 30.2 Å². The first-order chi connectivity index (χ1) is 11.9. The van der Waals surface area contributed by atoms with Crippen molar-refractivity contribution in [2.45, 2.75) is 19.3 Å². The quantitative estimate of drug-likeness (QED) is 0.610. The van der Waals surface area contributed by atoms with Gasteiger partial charge in [-0.05, 0) is 36.6 Å². The Morgan fingerprint density at radius 1 is 1.16 bits per heavy atom. The molecule has 2 aromatic rings. The summed E-state index contributed by atoms with van der Waals surface area (Å²) in [7, 11) is 2.97. The van der Waals surface area contributed by atoms with Gasteiger partial charge in [0.05, 0.1) is 25.1 Å². The number of carboxylic acid groups (broad SMARTS) is 1. The average molecular weight is 345 g/mol. The lowest BCUT2D eigenvalue weighted by molar-refractivity contribution is -0.385. The van der Waals surface area contributed by atoms with E-state index in [1.165, 1.54) is 20.3 Å². The van der Waals surface area contributed by atoms with Crippen LogP contribution in [0.3, 0.4) is 0 Å². The number of methoxy groups -OCH3 is 2. The zero-order chi connectivity index (χ0) is 18.6. The molecule has 0 amide bonds. The third kappa shape index (κ3) is 4.06. The second-order valence-electron chi connectivity index (χ2n) is 5.59. The highest BCUT2D eigenvalue weighted by atomic mass is 16.6. The number of nitro benzene ring substituents is 1. The summed E-state index contributed by atoms with van der Waals surface area (Å²) in [5, 5.41) is 20.7. The van der Waals surface area contributed by atoms with Gasteiger partial charge in [0.2, 0.25) is 0 Å². The summed E-state index contributed by atoms with van der Waals surface area (Å²) in [4.78, 5) is 22.3. The third-order valence-corrected chi connectivity index (χ3v) is 4.02. The van der Waals surface area contributed by atoms with E-state index in [1.807, 2.05) is 0 Å². The molecule has 0 aromatic heterocycles. The van der Waals surface area contributed by atoms with Crippen molar-refractivity contribution in [3.63, 3.8) is 0 Å². The Balaban J connectivity index is 2.38. The van der Waals surface area contributed by atoms with Crippen LogP contribution < -0.4 is 9.47 Å². The van der Waals surface area contributed by atoms with Crippen molar-refractivity contribution < 1.29 is 24.3 Å². The first-order valence-corrected chi connectivity index (χ1v) is 7.56. The number of nitro groups is 1. The molecule has 0 saturated heterocycles. The summed E-state index contributed by atoms with van der Waals surface area (Å²) in [6.07, 6.45) is 0.131. The summed E-state index contributed by atoms with van der Waals surface area (Å²) in [5.74, 6) is -0.944. The van der Waals surface area contributed by atoms with Crippen molar-refractivity contribution in [1.29, 1.82) is 0 Å². The number of hydrogen-bond donors (Lipinski definition) is 1. The van der Waals surface area contributed by atoms with E-state index >= 15 is 0 Å². The van der Waals surface area contributed by atoms with Crippen LogP contribution in [0.25, 0.3) is 0 Å². The number of aryl methyl sites for hydroxylation is 1. The van der Waals surface area contributed by atoms with E-state index in [0.29, 0.717) is 28.2 Å². The molecule has 0 aliphatic rings. The summed E-state index contributed by atoms with van der Waals surface area (Å²) < 4.78 is 10.4. The van der Waals surface area contributed by atoms with Crippen LogP contribution in [-0.2, 0) is 11.2 Å². The standard InChI is InChI=1S/C18H19NO6/c1-11-4-5-12(9-15(11)19(22)23)8-14(18(20)21)13-6-7-16(24-2)17(10-13)25-3/h4-7,9-10,14H,8H2,1-3H3,(H,20,21). The van der Waals surface area contributed by atoms with Crippen LogP contribution in [0.15, 0.2) is 36.4 Å². The Kier molecular flexibility index (Phi) is 5.59. The molecule has 25 heavy (non-hydrogen) atoms. The number of hydrogen-bond acceptors (Lipinski definition) is 5. The van der Waals surface area contributed by atoms with Crippen LogP contribution in [0.1, 0.15) is 22.6 Å². The van der Waals surface area contributed by atoms with E-state index < -0.39 is 16.8 Å². The third-order valence-electron chi connectivity index (χ3n) is 4.02. The Bertz CT molecular complexity index is 802. The molecule has 7 heteroatoms. The molecule has 0 aliphatic heterocycles. The molecule has 0 spiro atoms. The minimum atomic E-state index is -1.02. The largest absolute Gasteiger partial charge is 0.493 e. The Morgan fingerprint density at radius 3 is 2.40 bits per heavy atom. The molecular formula is C18H19NO6. The van der Waals surface area contributed by atoms with Crippen molar-refractivity contribution in [1.82, 2.24) is 0 Å². The average Bonchev–Trinajstić information content (AvgIpc) is 2.59. The number of nitrogens with zero attached hydrogens (tertiary/aromatic N) is 1. The minimum absolute atomic E-state index is 0.0195. The smallest absolute Gasteiger partial charge is 0.311 e. The van der Waals surface area contributed by atoms with Gasteiger partial charge >= 0.3 is 5.97 Å². The molecule has 0 bridgehead atoms. The number of carbonyl (C=O) groups is 1. The van der Waals surface area contributed by atoms with Gasteiger partial charge in [-0.1, -0.05) is 18.2 Å². The summed E-state index contributed by atoms with van der Waals surface area (Å²) in [5.41, 5.74) is 1.63. The molecule has 1 N–H and O–H groups in total. The zero-order valence-electron chi connectivity index (χ0n) is 14.2. The Morgan fingerprint density at radius 2 is 1.84 bits per heavy atom. The molecule has 1 atom stereocenters. The van der Waals surface area contributed by atoms with Crippen LogP contribution in [0.4, 0.5) is 5.69 Å². The zero-order valence-corrected chi connectivity index (χ0v) is 14.2. The number of rotatable bonds is 7. The molecule has 0 aliphatic carbocycles. The molecule has 2 rings (SSSR count). The SMILES string of the molecule is COc1ccc(C(Cc2ccc(C)c([N+](=O)[O-])c2)C(=O)O)cc1OC. The van der Waals surface area contributed by atoms with Gasteiger partial charge in [-0.3, -0.25) is 14.9 Å². The van der Waals surface area contributed by atoms with Gasteiger partial charge in [0, 0.05) is 11.6 Å². The normalized spacial score (nSPS) is 11.6. The van der Waals surface area contributed by atoms with E-state index in [-0.39, 0.29) is 12.1 Å². The van der Waals surface area contributed by atoms with Crippen molar-refractivity contribution >= 4 is 11.7 Å². The van der Waals surface area contributed by atoms with Gasteiger partial charge in [0.25, 0.3) is 5.69 Å². The molecule has 2 aromatic carbocycles. The Hall–Kier alpha value is -3.09. The van der Waals surface area contributed by atoms with Crippen molar-refractivity contribution in [2.24, 2.45) is 0 Å². The summed E-state index contributed by atoms with van der Waals surface area (Å²) in [6.45, 7) is 1.64. The maximum atomic E-state index is 11.7. The predicted molar refractivity (Wildman–Crippen MR) is 91.5 cm³/mol. The van der Waals surface area contributed by atoms with Crippen LogP contribution in [0, 0.1) is 17.0 Å².